The van der Waals surface area contributed by atoms with Crippen LogP contribution in [0.4, 0.5) is 10.5 Å². The summed E-state index contributed by atoms with van der Waals surface area (Å²) in [5, 5.41) is 16.2. The normalized spacial score (nSPS) is 10.1. The van der Waals surface area contributed by atoms with Crippen LogP contribution in [0.15, 0.2) is 33.6 Å². The van der Waals surface area contributed by atoms with Gasteiger partial charge in [0, 0.05) is 22.8 Å². The summed E-state index contributed by atoms with van der Waals surface area (Å²) in [6.07, 6.45) is 0.663. The average molecular weight is 370 g/mol. The van der Waals surface area contributed by atoms with Crippen molar-refractivity contribution in [3.8, 4) is 0 Å². The number of aromatic nitrogens is 1. The quantitative estimate of drug-likeness (QED) is 0.755. The Bertz CT molecular complexity index is 646. The summed E-state index contributed by atoms with van der Waals surface area (Å²) < 4.78 is 0.511. The number of benzene rings is 1. The predicted octanol–water partition coefficient (Wildman–Crippen LogP) is 2.97. The maximum atomic E-state index is 11.7. The van der Waals surface area contributed by atoms with Crippen LogP contribution in [-0.2, 0) is 6.42 Å². The van der Waals surface area contributed by atoms with Crippen molar-refractivity contribution in [1.82, 2.24) is 10.3 Å². The summed E-state index contributed by atoms with van der Waals surface area (Å²) in [5.74, 6) is -1.02. The second-order valence-electron chi connectivity index (χ2n) is 4.11. The molecule has 6 nitrogen and oxygen atoms in total. The molecule has 0 aliphatic carbocycles. The van der Waals surface area contributed by atoms with Crippen molar-refractivity contribution in [2.24, 2.45) is 0 Å². The topological polar surface area (TPSA) is 91.3 Å². The third-order valence-electron chi connectivity index (χ3n) is 2.61. The van der Waals surface area contributed by atoms with Crippen molar-refractivity contribution < 1.29 is 14.7 Å². The van der Waals surface area contributed by atoms with Crippen LogP contribution in [0.25, 0.3) is 0 Å². The van der Waals surface area contributed by atoms with Gasteiger partial charge in [0.2, 0.25) is 0 Å². The van der Waals surface area contributed by atoms with Gasteiger partial charge in [-0.1, -0.05) is 0 Å². The van der Waals surface area contributed by atoms with Crippen LogP contribution in [0.1, 0.15) is 16.1 Å². The number of thiazole rings is 1. The van der Waals surface area contributed by atoms with Crippen molar-refractivity contribution in [1.29, 1.82) is 0 Å². The van der Waals surface area contributed by atoms with Crippen molar-refractivity contribution in [3.63, 3.8) is 0 Å². The molecule has 0 aliphatic rings. The first-order valence-electron chi connectivity index (χ1n) is 6.01. The fourth-order valence-electron chi connectivity index (χ4n) is 1.58. The zero-order valence-corrected chi connectivity index (χ0v) is 13.2. The highest BCUT2D eigenvalue weighted by Gasteiger charge is 2.09. The summed E-state index contributed by atoms with van der Waals surface area (Å²) in [6.45, 7) is 0.473. The highest BCUT2D eigenvalue weighted by molar-refractivity contribution is 9.10. The van der Waals surface area contributed by atoms with E-state index < -0.39 is 5.97 Å². The van der Waals surface area contributed by atoms with Crippen molar-refractivity contribution in [2.75, 3.05) is 11.9 Å². The van der Waals surface area contributed by atoms with Gasteiger partial charge < -0.3 is 15.7 Å². The van der Waals surface area contributed by atoms with E-state index in [2.05, 4.69) is 31.5 Å². The van der Waals surface area contributed by atoms with E-state index in [1.165, 1.54) is 29.5 Å². The molecule has 21 heavy (non-hydrogen) atoms. The zero-order valence-electron chi connectivity index (χ0n) is 10.8. The third-order valence-corrected chi connectivity index (χ3v) is 3.91. The van der Waals surface area contributed by atoms with E-state index in [9.17, 15) is 9.59 Å². The third kappa shape index (κ3) is 4.54. The van der Waals surface area contributed by atoms with E-state index in [1.54, 1.807) is 5.51 Å². The Morgan fingerprint density at radius 1 is 1.38 bits per heavy atom. The second kappa shape index (κ2) is 7.19. The minimum absolute atomic E-state index is 0.149. The standard InChI is InChI=1S/C13H12BrN3O3S/c14-10-5-8(12(18)19)1-2-11(10)17-13(20)15-4-3-9-6-21-7-16-9/h1-2,5-7H,3-4H2,(H,18,19)(H2,15,17,20). The van der Waals surface area contributed by atoms with Crippen LogP contribution in [0.5, 0.6) is 0 Å². The number of hydrogen-bond acceptors (Lipinski definition) is 4. The van der Waals surface area contributed by atoms with Gasteiger partial charge in [-0.05, 0) is 34.1 Å². The first-order chi connectivity index (χ1) is 10.1. The highest BCUT2D eigenvalue weighted by atomic mass is 79.9. The number of anilines is 1. The minimum atomic E-state index is -1.02. The fourth-order valence-corrected chi connectivity index (χ4v) is 2.65. The number of carboxylic acids is 1. The predicted molar refractivity (Wildman–Crippen MR) is 83.9 cm³/mol. The van der Waals surface area contributed by atoms with Crippen LogP contribution >= 0.6 is 27.3 Å². The molecule has 2 amide bonds. The number of carbonyl (C=O) groups is 2. The molecule has 3 N–H and O–H groups in total. The number of carbonyl (C=O) groups excluding carboxylic acids is 1. The maximum absolute atomic E-state index is 11.7. The summed E-state index contributed by atoms with van der Waals surface area (Å²) in [7, 11) is 0. The Labute approximate surface area is 133 Å². The molecular formula is C13H12BrN3O3S. The van der Waals surface area contributed by atoms with Crippen molar-refractivity contribution in [3.05, 3.63) is 44.8 Å². The van der Waals surface area contributed by atoms with Gasteiger partial charge in [0.25, 0.3) is 0 Å². The first-order valence-corrected chi connectivity index (χ1v) is 7.74. The van der Waals surface area contributed by atoms with E-state index in [0.717, 1.165) is 5.69 Å². The maximum Gasteiger partial charge on any atom is 0.335 e. The summed E-state index contributed by atoms with van der Waals surface area (Å²) in [5.41, 5.74) is 3.34. The Morgan fingerprint density at radius 3 is 2.81 bits per heavy atom. The molecular weight excluding hydrogens is 358 g/mol. The van der Waals surface area contributed by atoms with Gasteiger partial charge >= 0.3 is 12.0 Å². The molecule has 0 fully saturated rings. The van der Waals surface area contributed by atoms with E-state index in [4.69, 9.17) is 5.11 Å². The van der Waals surface area contributed by atoms with Crippen molar-refractivity contribution >= 4 is 45.0 Å². The number of nitrogens with one attached hydrogen (secondary N) is 2. The van der Waals surface area contributed by atoms with Crippen LogP contribution in [0.2, 0.25) is 0 Å². The monoisotopic (exact) mass is 369 g/mol. The van der Waals surface area contributed by atoms with Crippen molar-refractivity contribution in [2.45, 2.75) is 6.42 Å². The van der Waals surface area contributed by atoms with Gasteiger partial charge in [0.15, 0.2) is 0 Å². The molecule has 8 heteroatoms. The lowest BCUT2D eigenvalue weighted by Crippen LogP contribution is -2.30. The van der Waals surface area contributed by atoms with E-state index >= 15 is 0 Å². The molecule has 0 radical (unpaired) electrons. The van der Waals surface area contributed by atoms with E-state index in [0.29, 0.717) is 23.1 Å². The first kappa shape index (κ1) is 15.5. The highest BCUT2D eigenvalue weighted by Crippen LogP contribution is 2.23. The lowest BCUT2D eigenvalue weighted by molar-refractivity contribution is 0.0697. The lowest BCUT2D eigenvalue weighted by atomic mass is 10.2. The van der Waals surface area contributed by atoms with Gasteiger partial charge in [-0.3, -0.25) is 0 Å². The SMILES string of the molecule is O=C(NCCc1cscn1)Nc1ccc(C(=O)O)cc1Br. The summed E-state index contributed by atoms with van der Waals surface area (Å²) >= 11 is 4.74. The second-order valence-corrected chi connectivity index (χ2v) is 5.68. The van der Waals surface area contributed by atoms with Crippen LogP contribution < -0.4 is 10.6 Å². The smallest absolute Gasteiger partial charge is 0.335 e. The molecule has 0 unspecified atom stereocenters. The molecule has 1 heterocycles. The van der Waals surface area contributed by atoms with Gasteiger partial charge in [0.1, 0.15) is 0 Å². The van der Waals surface area contributed by atoms with Gasteiger partial charge in [0.05, 0.1) is 22.5 Å². The number of rotatable bonds is 5. The number of halogens is 1. The van der Waals surface area contributed by atoms with Crippen LogP contribution in [-0.4, -0.2) is 28.6 Å². The number of carboxylic acid groups (broad SMARTS) is 1. The molecule has 2 rings (SSSR count). The van der Waals surface area contributed by atoms with Gasteiger partial charge in [-0.2, -0.15) is 0 Å². The van der Waals surface area contributed by atoms with Gasteiger partial charge in [-0.15, -0.1) is 11.3 Å². The lowest BCUT2D eigenvalue weighted by Gasteiger charge is -2.09. The largest absolute Gasteiger partial charge is 0.478 e. The number of nitrogens with zero attached hydrogens (tertiary/aromatic N) is 1. The molecule has 0 spiro atoms. The summed E-state index contributed by atoms with van der Waals surface area (Å²) in [6, 6.07) is 4.05. The van der Waals surface area contributed by atoms with E-state index in [-0.39, 0.29) is 11.6 Å². The Balaban J connectivity index is 1.86. The Kier molecular flexibility index (Phi) is 5.29. The van der Waals surface area contributed by atoms with Gasteiger partial charge in [-0.25, -0.2) is 14.6 Å². The molecule has 0 aliphatic heterocycles. The number of aromatic carboxylic acids is 1. The minimum Gasteiger partial charge on any atom is -0.478 e. The molecule has 1 aromatic heterocycles. The van der Waals surface area contributed by atoms with Crippen LogP contribution in [0, 0.1) is 0 Å². The number of amides is 2. The molecule has 2 aromatic rings. The Morgan fingerprint density at radius 2 is 2.19 bits per heavy atom. The Hall–Kier alpha value is -1.93. The molecule has 1 aromatic carbocycles. The molecule has 0 saturated carbocycles. The summed E-state index contributed by atoms with van der Waals surface area (Å²) in [4.78, 5) is 26.7. The zero-order chi connectivity index (χ0) is 15.2. The number of hydrogen-bond donors (Lipinski definition) is 3. The number of urea groups is 1. The molecule has 0 saturated heterocycles. The molecule has 0 atom stereocenters. The van der Waals surface area contributed by atoms with E-state index in [1.807, 2.05) is 5.38 Å². The van der Waals surface area contributed by atoms with Crippen LogP contribution in [0.3, 0.4) is 0 Å². The molecule has 110 valence electrons. The molecule has 0 bridgehead atoms. The fraction of sp³-hybridized carbons (Fsp3) is 0.154. The average Bonchev–Trinajstić information content (AvgIpc) is 2.94.